The fraction of sp³-hybridized carbons (Fsp3) is 0.538. The van der Waals surface area contributed by atoms with Gasteiger partial charge in [-0.15, -0.1) is 0 Å². The summed E-state index contributed by atoms with van der Waals surface area (Å²) in [5.41, 5.74) is 3.48. The topological polar surface area (TPSA) is 55.8 Å². The molecule has 1 saturated heterocycles. The average molecular weight is 424 g/mol. The van der Waals surface area contributed by atoms with Gasteiger partial charge >= 0.3 is 0 Å². The molecule has 5 nitrogen and oxygen atoms in total. The third-order valence-corrected chi connectivity index (χ3v) is 6.77. The Bertz CT molecular complexity index is 901. The Morgan fingerprint density at radius 3 is 2.84 bits per heavy atom. The van der Waals surface area contributed by atoms with E-state index in [4.69, 9.17) is 9.47 Å². The standard InChI is InChI=1S/C26H33NO4/c1-3-19-7-4-5-9-23(19)24(29)10-6-8-22-13-21(16-27(22)15-18(2)28)20-11-12-25-26(14-20)31-17-30-25/h5,9,11-12,14,21-22H,3-4,6-8,10,13,15-17H2,1-2H3. The molecule has 0 radical (unpaired) electrons. The molecule has 1 aliphatic carbocycles. The van der Waals surface area contributed by atoms with E-state index < -0.39 is 0 Å². The lowest BCUT2D eigenvalue weighted by atomic mass is 9.90. The quantitative estimate of drug-likeness (QED) is 0.562. The molecule has 5 heteroatoms. The zero-order valence-electron chi connectivity index (χ0n) is 18.7. The van der Waals surface area contributed by atoms with Crippen molar-refractivity contribution in [2.24, 2.45) is 0 Å². The molecule has 0 aromatic heterocycles. The van der Waals surface area contributed by atoms with Gasteiger partial charge in [-0.2, -0.15) is 0 Å². The summed E-state index contributed by atoms with van der Waals surface area (Å²) in [5, 5.41) is 0. The highest BCUT2D eigenvalue weighted by atomic mass is 16.7. The molecule has 1 fully saturated rings. The number of fused-ring (bicyclic) bond motifs is 1. The van der Waals surface area contributed by atoms with Crippen LogP contribution in [-0.4, -0.2) is 42.4 Å². The van der Waals surface area contributed by atoms with E-state index in [2.05, 4.69) is 30.0 Å². The lowest BCUT2D eigenvalue weighted by molar-refractivity contribution is -0.118. The van der Waals surface area contributed by atoms with Crippen molar-refractivity contribution in [3.63, 3.8) is 0 Å². The first-order valence-corrected chi connectivity index (χ1v) is 11.6. The summed E-state index contributed by atoms with van der Waals surface area (Å²) in [6.07, 6.45) is 10.6. The Morgan fingerprint density at radius 2 is 2.03 bits per heavy atom. The largest absolute Gasteiger partial charge is 0.454 e. The van der Waals surface area contributed by atoms with Gasteiger partial charge in [0.2, 0.25) is 6.79 Å². The number of nitrogens with zero attached hydrogens (tertiary/aromatic N) is 1. The Kier molecular flexibility index (Phi) is 6.91. The highest BCUT2D eigenvalue weighted by Gasteiger charge is 2.34. The highest BCUT2D eigenvalue weighted by molar-refractivity contribution is 5.98. The maximum atomic E-state index is 12.8. The van der Waals surface area contributed by atoms with Gasteiger partial charge in [0, 0.05) is 24.6 Å². The third-order valence-electron chi connectivity index (χ3n) is 6.77. The molecule has 0 spiro atoms. The fourth-order valence-corrected chi connectivity index (χ4v) is 5.17. The second-order valence-corrected chi connectivity index (χ2v) is 8.96. The summed E-state index contributed by atoms with van der Waals surface area (Å²) in [5.74, 6) is 2.44. The van der Waals surface area contributed by atoms with Gasteiger partial charge < -0.3 is 9.47 Å². The fourth-order valence-electron chi connectivity index (χ4n) is 5.17. The summed E-state index contributed by atoms with van der Waals surface area (Å²) >= 11 is 0. The van der Waals surface area contributed by atoms with E-state index in [1.54, 1.807) is 6.92 Å². The minimum atomic E-state index is 0.192. The van der Waals surface area contributed by atoms with Crippen LogP contribution in [0.15, 0.2) is 41.5 Å². The van der Waals surface area contributed by atoms with Gasteiger partial charge in [-0.1, -0.05) is 30.7 Å². The maximum Gasteiger partial charge on any atom is 0.231 e. The summed E-state index contributed by atoms with van der Waals surface area (Å²) in [7, 11) is 0. The number of carbonyl (C=O) groups excluding carboxylic acids is 2. The molecule has 1 aromatic carbocycles. The van der Waals surface area contributed by atoms with Crippen LogP contribution in [0.4, 0.5) is 0 Å². The van der Waals surface area contributed by atoms with Crippen molar-refractivity contribution in [3.05, 3.63) is 47.1 Å². The number of ether oxygens (including phenoxy) is 2. The molecule has 166 valence electrons. The molecule has 4 rings (SSSR count). The number of rotatable bonds is 9. The van der Waals surface area contributed by atoms with Crippen LogP contribution in [0.5, 0.6) is 11.5 Å². The lowest BCUT2D eigenvalue weighted by Gasteiger charge is -2.23. The van der Waals surface area contributed by atoms with E-state index in [1.807, 2.05) is 12.1 Å². The summed E-state index contributed by atoms with van der Waals surface area (Å²) in [4.78, 5) is 27.0. The number of Topliss-reactive ketones (excluding diaryl/α,β-unsaturated/α-hetero) is 2. The SMILES string of the molecule is CCC1=C(C(=O)CCCC2CC(c3ccc4c(c3)OCO4)CN2CC(C)=O)C=CCC1. The van der Waals surface area contributed by atoms with E-state index in [0.717, 1.165) is 62.1 Å². The Balaban J connectivity index is 1.38. The normalized spacial score (nSPS) is 22.9. The smallest absolute Gasteiger partial charge is 0.231 e. The number of hydrogen-bond donors (Lipinski definition) is 0. The van der Waals surface area contributed by atoms with Gasteiger partial charge in [0.15, 0.2) is 17.3 Å². The molecule has 2 aliphatic heterocycles. The molecule has 31 heavy (non-hydrogen) atoms. The van der Waals surface area contributed by atoms with Crippen LogP contribution in [0.25, 0.3) is 0 Å². The average Bonchev–Trinajstić information content (AvgIpc) is 3.39. The third kappa shape index (κ3) is 5.09. The van der Waals surface area contributed by atoms with Crippen LogP contribution in [-0.2, 0) is 9.59 Å². The maximum absolute atomic E-state index is 12.8. The molecule has 2 atom stereocenters. The van der Waals surface area contributed by atoms with Crippen LogP contribution >= 0.6 is 0 Å². The summed E-state index contributed by atoms with van der Waals surface area (Å²) in [6, 6.07) is 6.51. The first-order valence-electron chi connectivity index (χ1n) is 11.6. The minimum absolute atomic E-state index is 0.192. The van der Waals surface area contributed by atoms with Crippen LogP contribution in [0.2, 0.25) is 0 Å². The van der Waals surface area contributed by atoms with Gasteiger partial charge in [0.25, 0.3) is 0 Å². The molecular weight excluding hydrogens is 390 g/mol. The molecule has 3 aliphatic rings. The summed E-state index contributed by atoms with van der Waals surface area (Å²) in [6.45, 7) is 5.42. The zero-order valence-corrected chi connectivity index (χ0v) is 18.7. The van der Waals surface area contributed by atoms with Crippen molar-refractivity contribution in [1.82, 2.24) is 4.90 Å². The first-order chi connectivity index (χ1) is 15.0. The molecular formula is C26H33NO4. The van der Waals surface area contributed by atoms with Crippen molar-refractivity contribution in [3.8, 4) is 11.5 Å². The Hall–Kier alpha value is -2.40. The van der Waals surface area contributed by atoms with E-state index >= 15 is 0 Å². The number of ketones is 2. The predicted octanol–water partition coefficient (Wildman–Crippen LogP) is 4.96. The van der Waals surface area contributed by atoms with E-state index in [-0.39, 0.29) is 18.4 Å². The number of hydrogen-bond acceptors (Lipinski definition) is 5. The van der Waals surface area contributed by atoms with E-state index in [1.165, 1.54) is 11.1 Å². The second kappa shape index (κ2) is 9.82. The molecule has 0 N–H and O–H groups in total. The Labute approximate surface area is 185 Å². The monoisotopic (exact) mass is 423 g/mol. The molecule has 1 aromatic rings. The number of carbonyl (C=O) groups is 2. The number of likely N-dealkylation sites (tertiary alicyclic amines) is 1. The molecule has 0 bridgehead atoms. The molecule has 2 unspecified atom stereocenters. The predicted molar refractivity (Wildman–Crippen MR) is 121 cm³/mol. The van der Waals surface area contributed by atoms with Crippen molar-refractivity contribution < 1.29 is 19.1 Å². The van der Waals surface area contributed by atoms with E-state index in [9.17, 15) is 9.59 Å². The zero-order chi connectivity index (χ0) is 21.8. The van der Waals surface area contributed by atoms with Gasteiger partial charge in [-0.25, -0.2) is 0 Å². The van der Waals surface area contributed by atoms with Gasteiger partial charge in [0.05, 0.1) is 6.54 Å². The van der Waals surface area contributed by atoms with Crippen LogP contribution in [0.3, 0.4) is 0 Å². The van der Waals surface area contributed by atoms with Crippen LogP contribution in [0.1, 0.15) is 70.3 Å². The van der Waals surface area contributed by atoms with Gasteiger partial charge in [0.1, 0.15) is 5.78 Å². The summed E-state index contributed by atoms with van der Waals surface area (Å²) < 4.78 is 11.0. The number of allylic oxidation sites excluding steroid dienone is 4. The van der Waals surface area contributed by atoms with Gasteiger partial charge in [-0.05, 0) is 69.1 Å². The highest BCUT2D eigenvalue weighted by Crippen LogP contribution is 2.39. The minimum Gasteiger partial charge on any atom is -0.454 e. The van der Waals surface area contributed by atoms with Crippen molar-refractivity contribution >= 4 is 11.6 Å². The molecule has 0 amide bonds. The van der Waals surface area contributed by atoms with Crippen LogP contribution in [0, 0.1) is 0 Å². The molecule has 0 saturated carbocycles. The van der Waals surface area contributed by atoms with Crippen LogP contribution < -0.4 is 9.47 Å². The number of benzene rings is 1. The lowest BCUT2D eigenvalue weighted by Crippen LogP contribution is -2.33. The van der Waals surface area contributed by atoms with Crippen molar-refractivity contribution in [2.75, 3.05) is 19.9 Å². The van der Waals surface area contributed by atoms with E-state index in [0.29, 0.717) is 24.9 Å². The second-order valence-electron chi connectivity index (χ2n) is 8.96. The van der Waals surface area contributed by atoms with Gasteiger partial charge in [-0.3, -0.25) is 14.5 Å². The first kappa shape index (κ1) is 21.8. The Morgan fingerprint density at radius 1 is 1.19 bits per heavy atom. The van der Waals surface area contributed by atoms with Crippen molar-refractivity contribution in [1.29, 1.82) is 0 Å². The van der Waals surface area contributed by atoms with Crippen molar-refractivity contribution in [2.45, 2.75) is 70.8 Å². The molecule has 2 heterocycles.